The highest BCUT2D eigenvalue weighted by molar-refractivity contribution is 5.67. The van der Waals surface area contributed by atoms with E-state index in [0.29, 0.717) is 0 Å². The van der Waals surface area contributed by atoms with Crippen LogP contribution in [0.3, 0.4) is 0 Å². The van der Waals surface area contributed by atoms with Crippen LogP contribution in [0.1, 0.15) is 18.2 Å². The average Bonchev–Trinajstić information content (AvgIpc) is 2.46. The molecule has 0 unspecified atom stereocenters. The Kier molecular flexibility index (Phi) is 6.56. The van der Waals surface area contributed by atoms with Gasteiger partial charge in [0.05, 0.1) is 7.11 Å². The minimum atomic E-state index is 0. The molecule has 3 heteroatoms. The fraction of sp³-hybridized carbons (Fsp3) is 0.188. The standard InChI is InChI=1S/C16H18NO.HI/c1-3-17-13-5-4-6-15(17)10-7-14-8-11-16(18-2)12-9-14;/h4-13H,3H2,1-2H3;1H/q+1;/p-1. The van der Waals surface area contributed by atoms with Crippen molar-refractivity contribution in [3.63, 3.8) is 0 Å². The quantitative estimate of drug-likeness (QED) is 0.555. The van der Waals surface area contributed by atoms with Crippen LogP contribution in [0.2, 0.25) is 0 Å². The number of nitrogens with zero attached hydrogens (tertiary/aromatic N) is 1. The van der Waals surface area contributed by atoms with Gasteiger partial charge in [-0.05, 0) is 36.8 Å². The van der Waals surface area contributed by atoms with Crippen molar-refractivity contribution in [2.45, 2.75) is 13.5 Å². The van der Waals surface area contributed by atoms with Gasteiger partial charge in [-0.3, -0.25) is 0 Å². The summed E-state index contributed by atoms with van der Waals surface area (Å²) in [6, 6.07) is 14.3. The molecule has 0 atom stereocenters. The Bertz CT molecular complexity index is 535. The third kappa shape index (κ3) is 4.35. The largest absolute Gasteiger partial charge is 1.00 e. The van der Waals surface area contributed by atoms with Gasteiger partial charge in [-0.1, -0.05) is 12.1 Å². The van der Waals surface area contributed by atoms with E-state index in [4.69, 9.17) is 4.74 Å². The van der Waals surface area contributed by atoms with Gasteiger partial charge >= 0.3 is 0 Å². The van der Waals surface area contributed by atoms with Crippen LogP contribution in [-0.4, -0.2) is 7.11 Å². The highest BCUT2D eigenvalue weighted by Crippen LogP contribution is 2.13. The second kappa shape index (κ2) is 7.94. The lowest BCUT2D eigenvalue weighted by Crippen LogP contribution is -3.00. The molecule has 100 valence electrons. The number of hydrogen-bond donors (Lipinski definition) is 0. The van der Waals surface area contributed by atoms with Crippen LogP contribution < -0.4 is 33.3 Å². The highest BCUT2D eigenvalue weighted by atomic mass is 127. The third-order valence-electron chi connectivity index (χ3n) is 2.88. The summed E-state index contributed by atoms with van der Waals surface area (Å²) in [5.74, 6) is 0.885. The van der Waals surface area contributed by atoms with Gasteiger partial charge in [-0.15, -0.1) is 0 Å². The van der Waals surface area contributed by atoms with E-state index in [9.17, 15) is 0 Å². The van der Waals surface area contributed by atoms with Crippen LogP contribution in [0.5, 0.6) is 5.75 Å². The van der Waals surface area contributed by atoms with Crippen LogP contribution in [0.15, 0.2) is 48.7 Å². The van der Waals surface area contributed by atoms with Crippen molar-refractivity contribution in [3.8, 4) is 5.75 Å². The minimum Gasteiger partial charge on any atom is -1.00 e. The van der Waals surface area contributed by atoms with Crippen LogP contribution in [-0.2, 0) is 6.54 Å². The Morgan fingerprint density at radius 2 is 1.79 bits per heavy atom. The number of benzene rings is 1. The first-order chi connectivity index (χ1) is 8.83. The SMILES string of the molecule is CC[n+]1ccccc1C=Cc1ccc(OC)cc1.[I-]. The molecular weight excluding hydrogens is 349 g/mol. The second-order valence-corrected chi connectivity index (χ2v) is 4.02. The summed E-state index contributed by atoms with van der Waals surface area (Å²) in [7, 11) is 1.68. The maximum absolute atomic E-state index is 5.14. The van der Waals surface area contributed by atoms with Gasteiger partial charge in [-0.25, -0.2) is 0 Å². The van der Waals surface area contributed by atoms with Gasteiger partial charge in [0, 0.05) is 18.2 Å². The van der Waals surface area contributed by atoms with Crippen molar-refractivity contribution < 1.29 is 33.3 Å². The van der Waals surface area contributed by atoms with Crippen molar-refractivity contribution >= 4 is 12.2 Å². The molecule has 0 saturated carbocycles. The normalized spacial score (nSPS) is 10.2. The summed E-state index contributed by atoms with van der Waals surface area (Å²) in [5.41, 5.74) is 2.37. The van der Waals surface area contributed by atoms with Crippen LogP contribution in [0, 0.1) is 0 Å². The molecule has 1 aromatic carbocycles. The summed E-state index contributed by atoms with van der Waals surface area (Å²) in [4.78, 5) is 0. The summed E-state index contributed by atoms with van der Waals surface area (Å²) >= 11 is 0. The molecule has 1 heterocycles. The Morgan fingerprint density at radius 1 is 1.05 bits per heavy atom. The maximum Gasteiger partial charge on any atom is 0.205 e. The Labute approximate surface area is 131 Å². The van der Waals surface area contributed by atoms with E-state index in [1.54, 1.807) is 7.11 Å². The van der Waals surface area contributed by atoms with Crippen LogP contribution >= 0.6 is 0 Å². The molecule has 0 aliphatic rings. The molecule has 0 amide bonds. The molecule has 2 nitrogen and oxygen atoms in total. The van der Waals surface area contributed by atoms with E-state index in [2.05, 4.69) is 54.1 Å². The third-order valence-corrected chi connectivity index (χ3v) is 2.88. The molecule has 0 bridgehead atoms. The lowest BCUT2D eigenvalue weighted by Gasteiger charge is -1.99. The molecule has 2 rings (SSSR count). The zero-order valence-corrected chi connectivity index (χ0v) is 13.4. The number of ether oxygens (including phenoxy) is 1. The zero-order chi connectivity index (χ0) is 12.8. The van der Waals surface area contributed by atoms with Gasteiger partial charge in [0.1, 0.15) is 12.3 Å². The number of aromatic nitrogens is 1. The van der Waals surface area contributed by atoms with Gasteiger partial charge in [-0.2, -0.15) is 4.57 Å². The Balaban J connectivity index is 0.00000180. The van der Waals surface area contributed by atoms with E-state index in [-0.39, 0.29) is 24.0 Å². The molecule has 0 aliphatic carbocycles. The van der Waals surface area contributed by atoms with Gasteiger partial charge < -0.3 is 28.7 Å². The molecule has 2 aromatic rings. The summed E-state index contributed by atoms with van der Waals surface area (Å²) in [6.45, 7) is 3.12. The highest BCUT2D eigenvalue weighted by Gasteiger charge is 2.02. The lowest BCUT2D eigenvalue weighted by atomic mass is 10.2. The summed E-state index contributed by atoms with van der Waals surface area (Å²) < 4.78 is 7.35. The Hall–Kier alpha value is -1.36. The number of hydrogen-bond acceptors (Lipinski definition) is 1. The maximum atomic E-state index is 5.14. The van der Waals surface area contributed by atoms with Gasteiger partial charge in [0.15, 0.2) is 6.20 Å². The fourth-order valence-electron chi connectivity index (χ4n) is 1.83. The number of pyridine rings is 1. The topological polar surface area (TPSA) is 13.1 Å². The van der Waals surface area contributed by atoms with Crippen LogP contribution in [0.4, 0.5) is 0 Å². The van der Waals surface area contributed by atoms with Gasteiger partial charge in [0.25, 0.3) is 0 Å². The predicted octanol–water partition coefficient (Wildman–Crippen LogP) is 0.177. The monoisotopic (exact) mass is 367 g/mol. The van der Waals surface area contributed by atoms with Crippen LogP contribution in [0.25, 0.3) is 12.2 Å². The molecule has 0 radical (unpaired) electrons. The molecule has 0 N–H and O–H groups in total. The molecule has 1 aromatic heterocycles. The van der Waals surface area contributed by atoms with E-state index in [0.717, 1.165) is 12.3 Å². The minimum absolute atomic E-state index is 0. The summed E-state index contributed by atoms with van der Waals surface area (Å²) in [5, 5.41) is 0. The van der Waals surface area contributed by atoms with E-state index in [1.165, 1.54) is 11.3 Å². The molecule has 19 heavy (non-hydrogen) atoms. The second-order valence-electron chi connectivity index (χ2n) is 4.02. The summed E-state index contributed by atoms with van der Waals surface area (Å²) in [6.07, 6.45) is 6.33. The predicted molar refractivity (Wildman–Crippen MR) is 74.2 cm³/mol. The number of rotatable bonds is 4. The lowest BCUT2D eigenvalue weighted by molar-refractivity contribution is -0.695. The van der Waals surface area contributed by atoms with Crippen molar-refractivity contribution in [1.82, 2.24) is 0 Å². The molecule has 0 saturated heterocycles. The number of aryl methyl sites for hydroxylation is 1. The van der Waals surface area contributed by atoms with Gasteiger partial charge in [0.2, 0.25) is 5.69 Å². The van der Waals surface area contributed by atoms with E-state index in [1.807, 2.05) is 18.2 Å². The molecule has 0 aliphatic heterocycles. The van der Waals surface area contributed by atoms with Crippen molar-refractivity contribution in [2.24, 2.45) is 0 Å². The van der Waals surface area contributed by atoms with Crippen molar-refractivity contribution in [2.75, 3.05) is 7.11 Å². The Morgan fingerprint density at radius 3 is 2.42 bits per heavy atom. The molecule has 0 spiro atoms. The first-order valence-electron chi connectivity index (χ1n) is 6.14. The first-order valence-corrected chi connectivity index (χ1v) is 6.14. The average molecular weight is 367 g/mol. The first kappa shape index (κ1) is 15.7. The van der Waals surface area contributed by atoms with E-state index >= 15 is 0 Å². The number of halogens is 1. The molecular formula is C16H18INO. The fourth-order valence-corrected chi connectivity index (χ4v) is 1.83. The molecule has 0 fully saturated rings. The smallest absolute Gasteiger partial charge is 0.205 e. The van der Waals surface area contributed by atoms with E-state index < -0.39 is 0 Å². The van der Waals surface area contributed by atoms with Crippen molar-refractivity contribution in [1.29, 1.82) is 0 Å². The zero-order valence-electron chi connectivity index (χ0n) is 11.2. The number of methoxy groups -OCH3 is 1. The van der Waals surface area contributed by atoms with Crippen molar-refractivity contribution in [3.05, 3.63) is 59.9 Å².